The Morgan fingerprint density at radius 2 is 2.00 bits per heavy atom. The Balaban J connectivity index is 2.31. The van der Waals surface area contributed by atoms with E-state index in [9.17, 15) is 19.2 Å². The van der Waals surface area contributed by atoms with Crippen LogP contribution in [0.5, 0.6) is 0 Å². The largest absolute Gasteiger partial charge is 0.444 e. The molecule has 1 atom stereocenters. The Morgan fingerprint density at radius 1 is 1.36 bits per heavy atom. The highest BCUT2D eigenvalue weighted by atomic mass is 32.2. The zero-order chi connectivity index (χ0) is 16.9. The summed E-state index contributed by atoms with van der Waals surface area (Å²) in [4.78, 5) is 47.2. The van der Waals surface area contributed by atoms with Gasteiger partial charge in [-0.25, -0.2) is 4.79 Å². The lowest BCUT2D eigenvalue weighted by atomic mass is 10.2. The zero-order valence-corrected chi connectivity index (χ0v) is 13.9. The van der Waals surface area contributed by atoms with Crippen LogP contribution in [0.2, 0.25) is 0 Å². The third-order valence-corrected chi connectivity index (χ3v) is 3.46. The molecule has 22 heavy (non-hydrogen) atoms. The molecule has 1 aliphatic rings. The SMILES string of the molecule is CC(NC(=O)OC(C)(C)C)C(=O)NCCN1C(=O)CSC1=O. The van der Waals surface area contributed by atoms with Crippen molar-refractivity contribution in [3.63, 3.8) is 0 Å². The van der Waals surface area contributed by atoms with Crippen LogP contribution in [0.1, 0.15) is 27.7 Å². The van der Waals surface area contributed by atoms with Crippen molar-refractivity contribution in [1.29, 1.82) is 0 Å². The molecule has 0 radical (unpaired) electrons. The van der Waals surface area contributed by atoms with Crippen LogP contribution in [0.25, 0.3) is 0 Å². The van der Waals surface area contributed by atoms with Gasteiger partial charge in [0.25, 0.3) is 5.24 Å². The first-order chi connectivity index (χ1) is 10.1. The molecule has 1 unspecified atom stereocenters. The van der Waals surface area contributed by atoms with Gasteiger partial charge in [-0.3, -0.25) is 19.3 Å². The molecule has 8 nitrogen and oxygen atoms in total. The average molecular weight is 331 g/mol. The maximum absolute atomic E-state index is 11.8. The summed E-state index contributed by atoms with van der Waals surface area (Å²) < 4.78 is 5.04. The van der Waals surface area contributed by atoms with E-state index in [0.717, 1.165) is 16.7 Å². The van der Waals surface area contributed by atoms with Gasteiger partial charge in [-0.05, 0) is 27.7 Å². The van der Waals surface area contributed by atoms with E-state index >= 15 is 0 Å². The molecule has 9 heteroatoms. The van der Waals surface area contributed by atoms with Crippen molar-refractivity contribution >= 4 is 34.9 Å². The molecule has 1 fully saturated rings. The molecule has 1 heterocycles. The molecule has 0 saturated carbocycles. The fourth-order valence-corrected chi connectivity index (χ4v) is 2.34. The fourth-order valence-electron chi connectivity index (χ4n) is 1.59. The Labute approximate surface area is 133 Å². The minimum absolute atomic E-state index is 0.121. The lowest BCUT2D eigenvalue weighted by Crippen LogP contribution is -2.48. The first-order valence-electron chi connectivity index (χ1n) is 6.84. The van der Waals surface area contributed by atoms with Gasteiger partial charge in [0.1, 0.15) is 11.6 Å². The molecule has 1 saturated heterocycles. The Morgan fingerprint density at radius 3 is 2.50 bits per heavy atom. The first kappa shape index (κ1) is 18.3. The minimum atomic E-state index is -0.783. The first-order valence-corrected chi connectivity index (χ1v) is 7.83. The molecule has 4 amide bonds. The summed E-state index contributed by atoms with van der Waals surface area (Å²) >= 11 is 0.943. The Kier molecular flexibility index (Phi) is 6.21. The molecule has 0 bridgehead atoms. The van der Waals surface area contributed by atoms with Crippen LogP contribution in [0.3, 0.4) is 0 Å². The van der Waals surface area contributed by atoms with Crippen LogP contribution in [-0.4, -0.2) is 58.5 Å². The van der Waals surface area contributed by atoms with Crippen molar-refractivity contribution in [3.8, 4) is 0 Å². The van der Waals surface area contributed by atoms with E-state index in [4.69, 9.17) is 4.74 Å². The maximum Gasteiger partial charge on any atom is 0.408 e. The Hall–Kier alpha value is -1.77. The number of carbonyl (C=O) groups is 4. The van der Waals surface area contributed by atoms with E-state index in [1.54, 1.807) is 20.8 Å². The molecule has 124 valence electrons. The predicted octanol–water partition coefficient (Wildman–Crippen LogP) is 0.711. The van der Waals surface area contributed by atoms with E-state index < -0.39 is 23.6 Å². The number of carbonyl (C=O) groups excluding carboxylic acids is 4. The molecule has 0 spiro atoms. The zero-order valence-electron chi connectivity index (χ0n) is 13.1. The summed E-state index contributed by atoms with van der Waals surface area (Å²) in [6.07, 6.45) is -0.684. The minimum Gasteiger partial charge on any atom is -0.444 e. The van der Waals surface area contributed by atoms with Crippen molar-refractivity contribution in [2.45, 2.75) is 39.3 Å². The number of thioether (sulfide) groups is 1. The predicted molar refractivity (Wildman–Crippen MR) is 81.4 cm³/mol. The third-order valence-electron chi connectivity index (χ3n) is 2.60. The van der Waals surface area contributed by atoms with E-state index in [2.05, 4.69) is 10.6 Å². The number of nitrogens with one attached hydrogen (secondary N) is 2. The molecule has 0 aromatic rings. The molecule has 0 aromatic heterocycles. The van der Waals surface area contributed by atoms with Gasteiger partial charge < -0.3 is 15.4 Å². The van der Waals surface area contributed by atoms with Crippen LogP contribution < -0.4 is 10.6 Å². The fraction of sp³-hybridized carbons (Fsp3) is 0.692. The molecule has 0 aromatic carbocycles. The van der Waals surface area contributed by atoms with Crippen LogP contribution in [0.15, 0.2) is 0 Å². The number of amides is 4. The smallest absolute Gasteiger partial charge is 0.408 e. The molecule has 0 aliphatic carbocycles. The topological polar surface area (TPSA) is 105 Å². The highest BCUT2D eigenvalue weighted by Gasteiger charge is 2.29. The molecule has 1 rings (SSSR count). The van der Waals surface area contributed by atoms with Crippen molar-refractivity contribution in [2.75, 3.05) is 18.8 Å². The highest BCUT2D eigenvalue weighted by Crippen LogP contribution is 2.17. The quantitative estimate of drug-likeness (QED) is 0.769. The van der Waals surface area contributed by atoms with Crippen molar-refractivity contribution in [3.05, 3.63) is 0 Å². The summed E-state index contributed by atoms with van der Waals surface area (Å²) in [5.41, 5.74) is -0.644. The van der Waals surface area contributed by atoms with E-state index in [1.807, 2.05) is 0 Å². The molecule has 1 aliphatic heterocycles. The van der Waals surface area contributed by atoms with Crippen molar-refractivity contribution in [2.24, 2.45) is 0 Å². The van der Waals surface area contributed by atoms with Crippen molar-refractivity contribution in [1.82, 2.24) is 15.5 Å². The standard InChI is InChI=1S/C13H21N3O5S/c1-8(15-11(19)21-13(2,3)4)10(18)14-5-6-16-9(17)7-22-12(16)20/h8H,5-7H2,1-4H3,(H,14,18)(H,15,19). The summed E-state index contributed by atoms with van der Waals surface area (Å²) in [5, 5.41) is 4.66. The molecule has 2 N–H and O–H groups in total. The second kappa shape index (κ2) is 7.48. The van der Waals surface area contributed by atoms with Gasteiger partial charge in [0.15, 0.2) is 0 Å². The monoisotopic (exact) mass is 331 g/mol. The number of imide groups is 1. The van der Waals surface area contributed by atoms with Crippen LogP contribution in [0.4, 0.5) is 9.59 Å². The number of hydrogen-bond acceptors (Lipinski definition) is 6. The van der Waals surface area contributed by atoms with E-state index in [0.29, 0.717) is 0 Å². The summed E-state index contributed by atoms with van der Waals surface area (Å²) in [6, 6.07) is -0.783. The summed E-state index contributed by atoms with van der Waals surface area (Å²) in [5.74, 6) is -0.537. The number of hydrogen-bond donors (Lipinski definition) is 2. The molecular weight excluding hydrogens is 310 g/mol. The van der Waals surface area contributed by atoms with Crippen LogP contribution in [-0.2, 0) is 14.3 Å². The van der Waals surface area contributed by atoms with Gasteiger partial charge >= 0.3 is 6.09 Å². The van der Waals surface area contributed by atoms with Gasteiger partial charge in [-0.15, -0.1) is 0 Å². The van der Waals surface area contributed by atoms with Gasteiger partial charge in [-0.1, -0.05) is 11.8 Å². The van der Waals surface area contributed by atoms with Crippen molar-refractivity contribution < 1.29 is 23.9 Å². The summed E-state index contributed by atoms with van der Waals surface area (Å²) in [7, 11) is 0. The molecular formula is C13H21N3O5S. The van der Waals surface area contributed by atoms with Crippen LogP contribution >= 0.6 is 11.8 Å². The second-order valence-corrected chi connectivity index (χ2v) is 6.69. The normalized spacial score (nSPS) is 16.5. The second-order valence-electron chi connectivity index (χ2n) is 5.76. The number of ether oxygens (including phenoxy) is 1. The maximum atomic E-state index is 11.8. The van der Waals surface area contributed by atoms with Gasteiger partial charge in [0.2, 0.25) is 11.8 Å². The Bertz CT molecular complexity index is 459. The van der Waals surface area contributed by atoms with Crippen LogP contribution in [0, 0.1) is 0 Å². The van der Waals surface area contributed by atoms with E-state index in [1.165, 1.54) is 6.92 Å². The van der Waals surface area contributed by atoms with Gasteiger partial charge in [-0.2, -0.15) is 0 Å². The van der Waals surface area contributed by atoms with Gasteiger partial charge in [0.05, 0.1) is 5.75 Å². The average Bonchev–Trinajstić information content (AvgIpc) is 2.67. The lowest BCUT2D eigenvalue weighted by molar-refractivity contribution is -0.126. The number of rotatable bonds is 5. The number of nitrogens with zero attached hydrogens (tertiary/aromatic N) is 1. The summed E-state index contributed by atoms with van der Waals surface area (Å²) in [6.45, 7) is 6.94. The number of alkyl carbamates (subject to hydrolysis) is 1. The van der Waals surface area contributed by atoms with Gasteiger partial charge in [0, 0.05) is 13.1 Å². The van der Waals surface area contributed by atoms with E-state index in [-0.39, 0.29) is 30.0 Å². The lowest BCUT2D eigenvalue weighted by Gasteiger charge is -2.22. The highest BCUT2D eigenvalue weighted by molar-refractivity contribution is 8.14. The third kappa shape index (κ3) is 5.92.